The first-order valence-electron chi connectivity index (χ1n) is 7.52. The molecule has 7 nitrogen and oxygen atoms in total. The first-order chi connectivity index (χ1) is 11.8. The van der Waals surface area contributed by atoms with Gasteiger partial charge < -0.3 is 14.8 Å². The van der Waals surface area contributed by atoms with E-state index in [1.54, 1.807) is 23.0 Å². The van der Waals surface area contributed by atoms with Gasteiger partial charge in [0.2, 0.25) is 0 Å². The van der Waals surface area contributed by atoms with Crippen LogP contribution >= 0.6 is 0 Å². The van der Waals surface area contributed by atoms with Crippen LogP contribution in [0.25, 0.3) is 11.6 Å². The van der Waals surface area contributed by atoms with Gasteiger partial charge in [0, 0.05) is 23.7 Å². The van der Waals surface area contributed by atoms with Crippen molar-refractivity contribution in [2.45, 2.75) is 0 Å². The largest absolute Gasteiger partial charge is 0.473 e. The number of aromatic nitrogens is 3. The minimum absolute atomic E-state index is 0.105. The molecule has 0 amide bonds. The van der Waals surface area contributed by atoms with E-state index in [9.17, 15) is 0 Å². The van der Waals surface area contributed by atoms with E-state index in [1.807, 2.05) is 30.3 Å². The van der Waals surface area contributed by atoms with E-state index in [4.69, 9.17) is 15.3 Å². The highest BCUT2D eigenvalue weighted by molar-refractivity contribution is 6.53. The van der Waals surface area contributed by atoms with Crippen molar-refractivity contribution in [3.8, 4) is 5.88 Å². The van der Waals surface area contributed by atoms with Gasteiger partial charge in [0.25, 0.3) is 5.88 Å². The van der Waals surface area contributed by atoms with Crippen molar-refractivity contribution < 1.29 is 9.84 Å². The maximum absolute atomic E-state index is 9.00. The SMILES string of the molecule is N=C1/C(=N/c2c(OCCO)nn3ccccc23)C=Cc2[nH]ccc21. The number of aliphatic imine (C=N–C) groups is 1. The highest BCUT2D eigenvalue weighted by Crippen LogP contribution is 2.32. The summed E-state index contributed by atoms with van der Waals surface area (Å²) in [6.07, 6.45) is 7.30. The molecule has 3 aromatic heterocycles. The molecule has 0 spiro atoms. The number of aliphatic hydroxyl groups excluding tert-OH is 1. The van der Waals surface area contributed by atoms with Gasteiger partial charge in [-0.1, -0.05) is 6.07 Å². The zero-order chi connectivity index (χ0) is 16.5. The summed E-state index contributed by atoms with van der Waals surface area (Å²) < 4.78 is 7.18. The van der Waals surface area contributed by atoms with Crippen molar-refractivity contribution in [3.05, 3.63) is 54.0 Å². The summed E-state index contributed by atoms with van der Waals surface area (Å²) in [5.41, 5.74) is 3.92. The van der Waals surface area contributed by atoms with E-state index >= 15 is 0 Å². The van der Waals surface area contributed by atoms with Crippen molar-refractivity contribution in [2.75, 3.05) is 13.2 Å². The van der Waals surface area contributed by atoms with Gasteiger partial charge in [-0.15, -0.1) is 5.10 Å². The van der Waals surface area contributed by atoms with Crippen molar-refractivity contribution in [2.24, 2.45) is 4.99 Å². The Kier molecular flexibility index (Phi) is 3.47. The monoisotopic (exact) mass is 321 g/mol. The molecule has 3 heterocycles. The molecule has 0 fully saturated rings. The zero-order valence-corrected chi connectivity index (χ0v) is 12.7. The van der Waals surface area contributed by atoms with Crippen molar-refractivity contribution in [1.82, 2.24) is 14.6 Å². The molecule has 0 aliphatic heterocycles. The van der Waals surface area contributed by atoms with E-state index in [-0.39, 0.29) is 13.2 Å². The lowest BCUT2D eigenvalue weighted by Gasteiger charge is -2.09. The van der Waals surface area contributed by atoms with Gasteiger partial charge in [-0.2, -0.15) is 0 Å². The number of hydrogen-bond acceptors (Lipinski definition) is 5. The van der Waals surface area contributed by atoms with Crippen molar-refractivity contribution >= 4 is 28.7 Å². The van der Waals surface area contributed by atoms with Gasteiger partial charge in [-0.05, 0) is 30.4 Å². The fourth-order valence-electron chi connectivity index (χ4n) is 2.64. The summed E-state index contributed by atoms with van der Waals surface area (Å²) >= 11 is 0. The van der Waals surface area contributed by atoms with Crippen LogP contribution in [0, 0.1) is 5.41 Å². The van der Waals surface area contributed by atoms with Gasteiger partial charge in [0.05, 0.1) is 23.5 Å². The smallest absolute Gasteiger partial charge is 0.260 e. The van der Waals surface area contributed by atoms with Crippen molar-refractivity contribution in [1.29, 1.82) is 5.41 Å². The number of rotatable bonds is 4. The Labute approximate surface area is 137 Å². The van der Waals surface area contributed by atoms with Crippen LogP contribution in [0.3, 0.4) is 0 Å². The maximum Gasteiger partial charge on any atom is 0.260 e. The van der Waals surface area contributed by atoms with Crippen LogP contribution < -0.4 is 4.74 Å². The van der Waals surface area contributed by atoms with Gasteiger partial charge >= 0.3 is 0 Å². The number of aromatic amines is 1. The third kappa shape index (κ3) is 2.31. The number of aliphatic hydroxyl groups is 1. The Hall–Kier alpha value is -3.19. The lowest BCUT2D eigenvalue weighted by Crippen LogP contribution is -2.15. The van der Waals surface area contributed by atoms with Crippen LogP contribution in [0.5, 0.6) is 5.88 Å². The lowest BCUT2D eigenvalue weighted by atomic mass is 10.0. The normalized spacial score (nSPS) is 15.2. The second-order valence-electron chi connectivity index (χ2n) is 5.27. The summed E-state index contributed by atoms with van der Waals surface area (Å²) in [4.78, 5) is 7.70. The first kappa shape index (κ1) is 14.4. The van der Waals surface area contributed by atoms with Crippen LogP contribution in [0.2, 0.25) is 0 Å². The van der Waals surface area contributed by atoms with Crippen LogP contribution in [0.4, 0.5) is 5.69 Å². The second-order valence-corrected chi connectivity index (χ2v) is 5.27. The summed E-state index contributed by atoms with van der Waals surface area (Å²) in [5.74, 6) is 0.337. The van der Waals surface area contributed by atoms with Gasteiger partial charge in [0.15, 0.2) is 5.69 Å². The molecule has 7 heteroatoms. The number of nitrogens with one attached hydrogen (secondary N) is 2. The third-order valence-electron chi connectivity index (χ3n) is 3.76. The molecule has 0 bridgehead atoms. The molecule has 0 atom stereocenters. The maximum atomic E-state index is 9.00. The number of allylic oxidation sites excluding steroid dienone is 1. The molecule has 4 rings (SSSR count). The fraction of sp³-hybridized carbons (Fsp3) is 0.118. The first-order valence-corrected chi connectivity index (χ1v) is 7.52. The zero-order valence-electron chi connectivity index (χ0n) is 12.7. The third-order valence-corrected chi connectivity index (χ3v) is 3.76. The summed E-state index contributed by atoms with van der Waals surface area (Å²) in [5, 5.41) is 21.7. The number of H-pyrrole nitrogens is 1. The van der Waals surface area contributed by atoms with E-state index in [0.717, 1.165) is 16.8 Å². The van der Waals surface area contributed by atoms with Gasteiger partial charge in [-0.3, -0.25) is 5.41 Å². The van der Waals surface area contributed by atoms with Gasteiger partial charge in [-0.25, -0.2) is 9.51 Å². The minimum Gasteiger partial charge on any atom is -0.473 e. The van der Waals surface area contributed by atoms with Crippen LogP contribution in [-0.2, 0) is 0 Å². The number of fused-ring (bicyclic) bond motifs is 2. The van der Waals surface area contributed by atoms with Crippen LogP contribution in [0.15, 0.2) is 47.7 Å². The molecule has 1 aliphatic rings. The Morgan fingerprint density at radius 3 is 3.08 bits per heavy atom. The van der Waals surface area contributed by atoms with E-state index in [1.165, 1.54) is 0 Å². The minimum atomic E-state index is -0.105. The van der Waals surface area contributed by atoms with Crippen molar-refractivity contribution in [3.63, 3.8) is 0 Å². The predicted octanol–water partition coefficient (Wildman–Crippen LogP) is 2.20. The van der Waals surface area contributed by atoms with E-state index in [0.29, 0.717) is 23.0 Å². The topological polar surface area (TPSA) is 98.8 Å². The molecule has 0 radical (unpaired) electrons. The average Bonchev–Trinajstić information content (AvgIpc) is 3.21. The highest BCUT2D eigenvalue weighted by Gasteiger charge is 2.19. The predicted molar refractivity (Wildman–Crippen MR) is 91.5 cm³/mol. The molecule has 1 aliphatic carbocycles. The number of pyridine rings is 1. The molecule has 120 valence electrons. The quantitative estimate of drug-likeness (QED) is 0.687. The molecule has 0 unspecified atom stereocenters. The molecule has 24 heavy (non-hydrogen) atoms. The summed E-state index contributed by atoms with van der Waals surface area (Å²) in [6.45, 7) is 0.0310. The fourth-order valence-corrected chi connectivity index (χ4v) is 2.64. The Bertz CT molecular complexity index is 980. The molecule has 3 N–H and O–H groups in total. The number of hydrogen-bond donors (Lipinski definition) is 3. The Balaban J connectivity index is 1.83. The molecule has 3 aromatic rings. The van der Waals surface area contributed by atoms with E-state index < -0.39 is 0 Å². The highest BCUT2D eigenvalue weighted by atomic mass is 16.5. The molecule has 0 saturated heterocycles. The summed E-state index contributed by atoms with van der Waals surface area (Å²) in [7, 11) is 0. The lowest BCUT2D eigenvalue weighted by molar-refractivity contribution is 0.197. The average molecular weight is 321 g/mol. The number of ether oxygens (including phenoxy) is 1. The molecule has 0 saturated carbocycles. The molecular weight excluding hydrogens is 306 g/mol. The molecular formula is C17H15N5O2. The van der Waals surface area contributed by atoms with Crippen LogP contribution in [-0.4, -0.2) is 44.3 Å². The Morgan fingerprint density at radius 1 is 1.29 bits per heavy atom. The Morgan fingerprint density at radius 2 is 2.21 bits per heavy atom. The standard InChI is InChI=1S/C17H15N5O2/c18-15-11-6-7-19-12(11)4-5-13(15)20-16-14-3-1-2-8-22(14)21-17(16)24-10-9-23/h1-8,18-19,23H,9-10H2/b18-15?,20-13+. The van der Waals surface area contributed by atoms with E-state index in [2.05, 4.69) is 15.1 Å². The second kappa shape index (κ2) is 5.78. The molecule has 0 aromatic carbocycles. The van der Waals surface area contributed by atoms with Gasteiger partial charge in [0.1, 0.15) is 6.61 Å². The number of nitrogens with zero attached hydrogens (tertiary/aromatic N) is 3. The van der Waals surface area contributed by atoms with Crippen LogP contribution in [0.1, 0.15) is 11.3 Å². The summed E-state index contributed by atoms with van der Waals surface area (Å²) in [6, 6.07) is 7.50.